The van der Waals surface area contributed by atoms with E-state index in [9.17, 15) is 11.3 Å². The summed E-state index contributed by atoms with van der Waals surface area (Å²) in [5.41, 5.74) is -5.19. The monoisotopic (exact) mass is 324 g/mol. The molecule has 1 spiro atoms. The fourth-order valence-electron chi connectivity index (χ4n) is 4.49. The Labute approximate surface area is 147 Å². The molecule has 0 aromatic heterocycles. The summed E-state index contributed by atoms with van der Waals surface area (Å²) < 4.78 is 87.9. The van der Waals surface area contributed by atoms with Crippen LogP contribution in [0, 0.1) is 0 Å². The summed E-state index contributed by atoms with van der Waals surface area (Å²) in [6.45, 7) is -3.41. The van der Waals surface area contributed by atoms with Gasteiger partial charge in [-0.05, 0) is 44.3 Å². The molecule has 1 saturated carbocycles. The van der Waals surface area contributed by atoms with Crippen LogP contribution in [0.3, 0.4) is 0 Å². The van der Waals surface area contributed by atoms with Gasteiger partial charge < -0.3 is 19.5 Å². The van der Waals surface area contributed by atoms with E-state index >= 15 is 0 Å². The van der Waals surface area contributed by atoms with E-state index in [0.717, 1.165) is 0 Å². The molecule has 2 heterocycles. The number of carbonyl (C=O) groups excluding carboxylic acids is 1. The highest BCUT2D eigenvalue weighted by Crippen LogP contribution is 2.64. The van der Waals surface area contributed by atoms with Crippen molar-refractivity contribution in [3.63, 3.8) is 0 Å². The van der Waals surface area contributed by atoms with Gasteiger partial charge in [0.1, 0.15) is 0 Å². The fourth-order valence-corrected chi connectivity index (χ4v) is 4.49. The first-order valence-corrected chi connectivity index (χ1v) is 7.52. The third-order valence-electron chi connectivity index (χ3n) is 5.50. The molecule has 2 fully saturated rings. The van der Waals surface area contributed by atoms with Gasteiger partial charge in [0.25, 0.3) is 0 Å². The van der Waals surface area contributed by atoms with Crippen molar-refractivity contribution >= 4 is 5.78 Å². The van der Waals surface area contributed by atoms with Crippen molar-refractivity contribution in [3.05, 3.63) is 23.2 Å². The molecule has 0 amide bonds. The van der Waals surface area contributed by atoms with Crippen LogP contribution in [0.4, 0.5) is 0 Å². The minimum Gasteiger partial charge on any atom is -0.493 e. The molecule has 0 radical (unpaired) electrons. The van der Waals surface area contributed by atoms with Crippen molar-refractivity contribution in [2.75, 3.05) is 20.6 Å². The zero-order chi connectivity index (χ0) is 23.9. The number of hydrogen-bond acceptors (Lipinski definition) is 5. The topological polar surface area (TPSA) is 59.0 Å². The Morgan fingerprint density at radius 2 is 2.48 bits per heavy atom. The largest absolute Gasteiger partial charge is 0.493 e. The number of likely N-dealkylation sites (tertiary alicyclic amines) is 1. The molecular formula is C18H21NO4. The summed E-state index contributed by atoms with van der Waals surface area (Å²) in [5, 5.41) is 12.1. The van der Waals surface area contributed by atoms with Gasteiger partial charge in [-0.25, -0.2) is 0 Å². The van der Waals surface area contributed by atoms with Crippen LogP contribution in [0.2, 0.25) is 0 Å². The molecule has 5 heteroatoms. The number of methoxy groups -OCH3 is 1. The molecule has 2 aliphatic carbocycles. The third kappa shape index (κ3) is 1.32. The number of nitrogens with zero attached hydrogens (tertiary/aromatic N) is 1. The summed E-state index contributed by atoms with van der Waals surface area (Å²) in [6.07, 6.45) is -6.65. The van der Waals surface area contributed by atoms with Gasteiger partial charge in [0.2, 0.25) is 0 Å². The lowest BCUT2D eigenvalue weighted by Crippen LogP contribution is -2.76. The van der Waals surface area contributed by atoms with E-state index in [0.29, 0.717) is 4.90 Å². The average Bonchev–Trinajstić information content (AvgIpc) is 2.94. The second-order valence-corrected chi connectivity index (χ2v) is 6.36. The maximum atomic E-state index is 13.1. The van der Waals surface area contributed by atoms with Crippen LogP contribution in [0.15, 0.2) is 12.1 Å². The molecular weight excluding hydrogens is 294 g/mol. The second kappa shape index (κ2) is 4.08. The highest BCUT2D eigenvalue weighted by Gasteiger charge is 2.72. The van der Waals surface area contributed by atoms with Crippen LogP contribution in [0.25, 0.3) is 0 Å². The van der Waals surface area contributed by atoms with E-state index < -0.39 is 79.3 Å². The number of ketones is 1. The van der Waals surface area contributed by atoms with Crippen molar-refractivity contribution in [2.45, 2.75) is 48.7 Å². The maximum Gasteiger partial charge on any atom is 0.174 e. The molecule has 1 saturated heterocycles. The number of benzene rings is 1. The number of likely N-dealkylation sites (N-methyl/N-ethyl adjacent to an activating group) is 1. The Morgan fingerprint density at radius 1 is 1.61 bits per heavy atom. The van der Waals surface area contributed by atoms with Crippen LogP contribution in [0.5, 0.6) is 11.5 Å². The maximum absolute atomic E-state index is 13.1. The lowest BCUT2D eigenvalue weighted by atomic mass is 9.49. The zero-order valence-electron chi connectivity index (χ0n) is 21.4. The van der Waals surface area contributed by atoms with Crippen LogP contribution < -0.4 is 9.47 Å². The Morgan fingerprint density at radius 3 is 3.26 bits per heavy atom. The molecule has 122 valence electrons. The average molecular weight is 324 g/mol. The molecule has 2 aliphatic heterocycles. The van der Waals surface area contributed by atoms with Crippen LogP contribution in [-0.2, 0) is 16.6 Å². The van der Waals surface area contributed by atoms with Gasteiger partial charge in [-0.15, -0.1) is 0 Å². The number of carbonyl (C=O) groups is 1. The van der Waals surface area contributed by atoms with E-state index in [1.165, 1.54) is 7.11 Å². The van der Waals surface area contributed by atoms with Crippen LogP contribution in [-0.4, -0.2) is 54.1 Å². The molecule has 5 nitrogen and oxygen atoms in total. The SMILES string of the molecule is [2H]c1c([2H])c2c3c(c1OC)OC1([2H])C(=O)CC[C@]4(O)[C@@]31CCN(C([2H])([2H])[2H])[C@]4([2H])C2([2H])[2H]. The number of hydrogen-bond donors (Lipinski definition) is 1. The first-order valence-electron chi connectivity index (χ1n) is 12.0. The lowest BCUT2D eigenvalue weighted by molar-refractivity contribution is -0.185. The van der Waals surface area contributed by atoms with Crippen molar-refractivity contribution in [1.82, 2.24) is 4.90 Å². The zero-order valence-corrected chi connectivity index (χ0v) is 12.4. The third-order valence-corrected chi connectivity index (χ3v) is 5.50. The first kappa shape index (κ1) is 7.53. The van der Waals surface area contributed by atoms with E-state index in [1.807, 2.05) is 0 Å². The predicted octanol–water partition coefficient (Wildman–Crippen LogP) is 1.05. The van der Waals surface area contributed by atoms with Gasteiger partial charge in [-0.2, -0.15) is 0 Å². The standard InChI is InChI=1S/C18H21NO4/c1-19-8-7-17-14-10-3-4-12(22-2)15(14)23-16(17)11(20)5-6-18(17,21)13(19)9-10/h3-4,13,16,21H,5-9H2,1-2H3/t13-,16?,17+,18-/m1/s1/i1D3,3D,4D,9D2,13D,16D. The Kier molecular flexibility index (Phi) is 1.34. The fraction of sp³-hybridized carbons (Fsp3) is 0.611. The molecule has 4 aliphatic rings. The molecule has 2 bridgehead atoms. The number of piperidine rings is 1. The molecule has 1 aromatic rings. The number of ether oxygens (including phenoxy) is 2. The highest BCUT2D eigenvalue weighted by molar-refractivity contribution is 5.90. The summed E-state index contributed by atoms with van der Waals surface area (Å²) in [7, 11) is 1.20. The first-order chi connectivity index (χ1) is 14.6. The van der Waals surface area contributed by atoms with Crippen molar-refractivity contribution < 1.29 is 31.7 Å². The predicted molar refractivity (Wildman–Crippen MR) is 83.0 cm³/mol. The van der Waals surface area contributed by atoms with Gasteiger partial charge in [0.15, 0.2) is 23.4 Å². The minimum absolute atomic E-state index is 0.140. The number of Topliss-reactive ketones (excluding diaryl/α,β-unsaturated/α-hetero) is 1. The van der Waals surface area contributed by atoms with Gasteiger partial charge in [0, 0.05) is 24.9 Å². The van der Waals surface area contributed by atoms with Crippen molar-refractivity contribution in [2.24, 2.45) is 0 Å². The van der Waals surface area contributed by atoms with E-state index in [2.05, 4.69) is 0 Å². The van der Waals surface area contributed by atoms with Crippen molar-refractivity contribution in [1.29, 1.82) is 0 Å². The smallest absolute Gasteiger partial charge is 0.174 e. The molecule has 23 heavy (non-hydrogen) atoms. The number of aliphatic hydroxyl groups is 1. The van der Waals surface area contributed by atoms with Crippen molar-refractivity contribution in [3.8, 4) is 11.5 Å². The highest BCUT2D eigenvalue weighted by atomic mass is 16.5. The molecule has 1 N–H and O–H groups in total. The summed E-state index contributed by atoms with van der Waals surface area (Å²) in [4.78, 5) is 13.6. The van der Waals surface area contributed by atoms with Gasteiger partial charge >= 0.3 is 0 Å². The number of rotatable bonds is 1. The van der Waals surface area contributed by atoms with Gasteiger partial charge in [-0.1, -0.05) is 6.04 Å². The quantitative estimate of drug-likeness (QED) is 0.837. The summed E-state index contributed by atoms with van der Waals surface area (Å²) in [6, 6.07) is -4.14. The molecule has 1 aromatic carbocycles. The van der Waals surface area contributed by atoms with Crippen LogP contribution >= 0.6 is 0 Å². The minimum atomic E-state index is -2.99. The second-order valence-electron chi connectivity index (χ2n) is 6.36. The molecule has 5 rings (SSSR count). The van der Waals surface area contributed by atoms with Gasteiger partial charge in [-0.3, -0.25) is 4.79 Å². The Hall–Kier alpha value is -1.59. The van der Waals surface area contributed by atoms with E-state index in [-0.39, 0.29) is 23.5 Å². The summed E-state index contributed by atoms with van der Waals surface area (Å²) in [5.74, 6) is -1.26. The van der Waals surface area contributed by atoms with E-state index in [1.54, 1.807) is 0 Å². The summed E-state index contributed by atoms with van der Waals surface area (Å²) >= 11 is 0. The van der Waals surface area contributed by atoms with E-state index in [4.69, 9.17) is 20.4 Å². The molecule has 1 unspecified atom stereocenters. The Bertz CT molecular complexity index is 1090. The normalized spacial score (nSPS) is 55.4. The van der Waals surface area contributed by atoms with Gasteiger partial charge in [0.05, 0.1) is 23.6 Å². The Balaban J connectivity index is 2.03. The van der Waals surface area contributed by atoms with Crippen LogP contribution in [0.1, 0.15) is 42.7 Å². The lowest BCUT2D eigenvalue weighted by Gasteiger charge is -2.62. The molecule has 4 atom stereocenters.